The number of thiazole rings is 1. The largest absolute Gasteiger partial charge is 0.339 e. The van der Waals surface area contributed by atoms with Crippen molar-refractivity contribution in [2.75, 3.05) is 18.1 Å². The molecular weight excluding hydrogens is 366 g/mol. The number of hydrogen-bond donors (Lipinski definition) is 0. The number of aryl methyl sites for hydroxylation is 2. The van der Waals surface area contributed by atoms with Gasteiger partial charge in [-0.3, -0.25) is 9.59 Å². The molecule has 0 N–H and O–H groups in total. The maximum Gasteiger partial charge on any atom is 0.258 e. The predicted octanol–water partition coefficient (Wildman–Crippen LogP) is 3.11. The van der Waals surface area contributed by atoms with Crippen LogP contribution in [0.2, 0.25) is 0 Å². The van der Waals surface area contributed by atoms with E-state index in [1.54, 1.807) is 0 Å². The average Bonchev–Trinajstić information content (AvgIpc) is 2.90. The Labute approximate surface area is 162 Å². The van der Waals surface area contributed by atoms with E-state index in [-0.39, 0.29) is 17.6 Å². The number of piperidine rings is 1. The first-order valence-corrected chi connectivity index (χ1v) is 10.9. The second kappa shape index (κ2) is 8.39. The van der Waals surface area contributed by atoms with Crippen LogP contribution in [0, 0.1) is 6.92 Å². The molecule has 1 aromatic heterocycles. The van der Waals surface area contributed by atoms with Gasteiger partial charge in [-0.2, -0.15) is 4.99 Å². The van der Waals surface area contributed by atoms with Crippen LogP contribution in [-0.2, 0) is 16.6 Å². The zero-order valence-electron chi connectivity index (χ0n) is 15.5. The predicted molar refractivity (Wildman–Crippen MR) is 108 cm³/mol. The summed E-state index contributed by atoms with van der Waals surface area (Å²) in [6, 6.07) is 6.54. The van der Waals surface area contributed by atoms with Gasteiger partial charge >= 0.3 is 0 Å². The van der Waals surface area contributed by atoms with E-state index in [4.69, 9.17) is 0 Å². The third-order valence-corrected chi connectivity index (χ3v) is 6.76. The number of aromatic nitrogens is 1. The van der Waals surface area contributed by atoms with Crippen molar-refractivity contribution in [1.29, 1.82) is 0 Å². The molecule has 0 radical (unpaired) electrons. The third-order valence-electron chi connectivity index (χ3n) is 4.76. The first-order valence-electron chi connectivity index (χ1n) is 8.96. The second-order valence-corrected chi connectivity index (χ2v) is 8.84. The molecule has 1 unspecified atom stereocenters. The van der Waals surface area contributed by atoms with E-state index >= 15 is 0 Å². The number of benzene rings is 1. The van der Waals surface area contributed by atoms with Gasteiger partial charge in [-0.25, -0.2) is 0 Å². The number of rotatable bonds is 4. The van der Waals surface area contributed by atoms with Crippen molar-refractivity contribution in [3.8, 4) is 0 Å². The Kier molecular flexibility index (Phi) is 6.19. The van der Waals surface area contributed by atoms with Crippen LogP contribution in [0.5, 0.6) is 0 Å². The number of thioether (sulfide) groups is 1. The number of likely N-dealkylation sites (tertiary alicyclic amines) is 1. The lowest BCUT2D eigenvalue weighted by atomic mass is 10.0. The summed E-state index contributed by atoms with van der Waals surface area (Å²) in [5.74, 6) is 0.538. The highest BCUT2D eigenvalue weighted by atomic mass is 32.2. The molecule has 26 heavy (non-hydrogen) atoms. The fourth-order valence-electron chi connectivity index (χ4n) is 3.26. The van der Waals surface area contributed by atoms with Gasteiger partial charge in [0, 0.05) is 19.6 Å². The van der Waals surface area contributed by atoms with Gasteiger partial charge in [0.1, 0.15) is 0 Å². The molecule has 2 aromatic rings. The molecule has 2 heterocycles. The van der Waals surface area contributed by atoms with Gasteiger partial charge in [0.25, 0.3) is 5.91 Å². The minimum atomic E-state index is -0.187. The quantitative estimate of drug-likeness (QED) is 0.805. The van der Waals surface area contributed by atoms with Crippen LogP contribution in [0.3, 0.4) is 0 Å². The molecule has 5 nitrogen and oxygen atoms in total. The number of nitrogens with zero attached hydrogens (tertiary/aromatic N) is 3. The summed E-state index contributed by atoms with van der Waals surface area (Å²) in [6.07, 6.45) is 3.35. The summed E-state index contributed by atoms with van der Waals surface area (Å²) in [5, 5.41) is 0. The Hall–Kier alpha value is -1.60. The molecule has 1 saturated heterocycles. The first kappa shape index (κ1) is 19.2. The van der Waals surface area contributed by atoms with Crippen molar-refractivity contribution in [2.24, 2.45) is 12.0 Å². The molecule has 3 rings (SSSR count). The Bertz CT molecular complexity index is 885. The number of amides is 2. The zero-order chi connectivity index (χ0) is 18.7. The summed E-state index contributed by atoms with van der Waals surface area (Å²) < 4.78 is 3.07. The maximum absolute atomic E-state index is 12.3. The SMILES string of the molecule is Cc1ccc2c(c1)sc(=NC(=O)CSCC(=O)N1CCCCC1C)n2C. The van der Waals surface area contributed by atoms with Crippen molar-refractivity contribution >= 4 is 45.1 Å². The highest BCUT2D eigenvalue weighted by Gasteiger charge is 2.22. The molecular formula is C19H25N3O2S2. The van der Waals surface area contributed by atoms with E-state index < -0.39 is 0 Å². The van der Waals surface area contributed by atoms with Crippen molar-refractivity contribution < 1.29 is 9.59 Å². The molecule has 140 valence electrons. The molecule has 0 spiro atoms. The highest BCUT2D eigenvalue weighted by Crippen LogP contribution is 2.19. The lowest BCUT2D eigenvalue weighted by Crippen LogP contribution is -2.43. The van der Waals surface area contributed by atoms with E-state index in [1.807, 2.05) is 16.5 Å². The van der Waals surface area contributed by atoms with Crippen molar-refractivity contribution in [1.82, 2.24) is 9.47 Å². The van der Waals surface area contributed by atoms with E-state index in [9.17, 15) is 9.59 Å². The zero-order valence-corrected chi connectivity index (χ0v) is 17.2. The molecule has 1 fully saturated rings. The van der Waals surface area contributed by atoms with Crippen LogP contribution in [0.1, 0.15) is 31.7 Å². The number of carbonyl (C=O) groups is 2. The highest BCUT2D eigenvalue weighted by molar-refractivity contribution is 8.00. The number of hydrogen-bond acceptors (Lipinski definition) is 4. The van der Waals surface area contributed by atoms with Crippen LogP contribution in [0.25, 0.3) is 10.2 Å². The summed E-state index contributed by atoms with van der Waals surface area (Å²) in [7, 11) is 1.93. The monoisotopic (exact) mass is 391 g/mol. The van der Waals surface area contributed by atoms with Gasteiger partial charge in [-0.1, -0.05) is 17.4 Å². The van der Waals surface area contributed by atoms with Crippen molar-refractivity contribution in [3.63, 3.8) is 0 Å². The molecule has 1 aliphatic heterocycles. The summed E-state index contributed by atoms with van der Waals surface area (Å²) in [4.78, 5) is 31.4. The van der Waals surface area contributed by atoms with Crippen LogP contribution in [-0.4, -0.2) is 45.4 Å². The minimum absolute atomic E-state index is 0.137. The topological polar surface area (TPSA) is 54.7 Å². The van der Waals surface area contributed by atoms with Gasteiger partial charge in [-0.05, 0) is 50.8 Å². The standard InChI is InChI=1S/C19H25N3O2S2/c1-13-7-8-15-16(10-13)26-19(21(15)3)20-17(23)11-25-12-18(24)22-9-5-4-6-14(22)2/h7-8,10,14H,4-6,9,11-12H2,1-3H3. The Morgan fingerprint density at radius 3 is 2.88 bits per heavy atom. The van der Waals surface area contributed by atoms with E-state index in [2.05, 4.69) is 37.0 Å². The Morgan fingerprint density at radius 1 is 1.31 bits per heavy atom. The average molecular weight is 392 g/mol. The second-order valence-electron chi connectivity index (χ2n) is 6.85. The van der Waals surface area contributed by atoms with Crippen molar-refractivity contribution in [2.45, 2.75) is 39.2 Å². The Balaban J connectivity index is 1.59. The molecule has 0 aliphatic carbocycles. The maximum atomic E-state index is 12.3. The van der Waals surface area contributed by atoms with Crippen LogP contribution in [0.4, 0.5) is 0 Å². The van der Waals surface area contributed by atoms with Crippen LogP contribution in [0.15, 0.2) is 23.2 Å². The number of carbonyl (C=O) groups excluding carboxylic acids is 2. The summed E-state index contributed by atoms with van der Waals surface area (Å²) >= 11 is 2.88. The van der Waals surface area contributed by atoms with Gasteiger partial charge < -0.3 is 9.47 Å². The normalized spacial score (nSPS) is 18.5. The fraction of sp³-hybridized carbons (Fsp3) is 0.526. The molecule has 1 aliphatic rings. The number of fused-ring (bicyclic) bond motifs is 1. The van der Waals surface area contributed by atoms with Gasteiger partial charge in [0.05, 0.1) is 21.7 Å². The lowest BCUT2D eigenvalue weighted by Gasteiger charge is -2.33. The van der Waals surface area contributed by atoms with E-state index in [1.165, 1.54) is 35.1 Å². The molecule has 0 bridgehead atoms. The molecule has 1 aromatic carbocycles. The first-order chi connectivity index (χ1) is 12.5. The van der Waals surface area contributed by atoms with Crippen LogP contribution < -0.4 is 4.80 Å². The van der Waals surface area contributed by atoms with E-state index in [0.29, 0.717) is 16.6 Å². The lowest BCUT2D eigenvalue weighted by molar-refractivity contribution is -0.131. The molecule has 7 heteroatoms. The molecule has 2 amide bonds. The van der Waals surface area contributed by atoms with Crippen molar-refractivity contribution in [3.05, 3.63) is 28.6 Å². The van der Waals surface area contributed by atoms with Gasteiger partial charge in [0.2, 0.25) is 5.91 Å². The van der Waals surface area contributed by atoms with Crippen LogP contribution >= 0.6 is 23.1 Å². The minimum Gasteiger partial charge on any atom is -0.339 e. The van der Waals surface area contributed by atoms with E-state index in [0.717, 1.165) is 29.6 Å². The smallest absolute Gasteiger partial charge is 0.258 e. The van der Waals surface area contributed by atoms with Gasteiger partial charge in [0.15, 0.2) is 4.80 Å². The Morgan fingerprint density at radius 2 is 2.12 bits per heavy atom. The summed E-state index contributed by atoms with van der Waals surface area (Å²) in [6.45, 7) is 5.00. The molecule has 1 atom stereocenters. The summed E-state index contributed by atoms with van der Waals surface area (Å²) in [5.41, 5.74) is 2.27. The molecule has 0 saturated carbocycles. The fourth-order valence-corrected chi connectivity index (χ4v) is 5.08. The third kappa shape index (κ3) is 4.38. The van der Waals surface area contributed by atoms with Gasteiger partial charge in [-0.15, -0.1) is 11.8 Å².